The molecule has 2 aromatic rings. The third-order valence-electron chi connectivity index (χ3n) is 2.23. The first-order valence-electron chi connectivity index (χ1n) is 5.24. The normalized spacial score (nSPS) is 10.3. The highest BCUT2D eigenvalue weighted by atomic mass is 19.1. The lowest BCUT2D eigenvalue weighted by Crippen LogP contribution is -2.04. The second-order valence-electron chi connectivity index (χ2n) is 3.46. The standard InChI is InChI=1S/C12H10FNO4/c1-2-17-12(16)9-6-11(18-14-9)7-3-4-8(13)10(15)5-7/h3-6,15H,2H2,1H3. The zero-order chi connectivity index (χ0) is 13.1. The van der Waals surface area contributed by atoms with Crippen molar-refractivity contribution >= 4 is 5.97 Å². The molecule has 0 aliphatic carbocycles. The van der Waals surface area contributed by atoms with Crippen LogP contribution in [-0.4, -0.2) is 22.8 Å². The van der Waals surface area contributed by atoms with E-state index >= 15 is 0 Å². The number of esters is 1. The number of hydrogen-bond acceptors (Lipinski definition) is 5. The van der Waals surface area contributed by atoms with E-state index < -0.39 is 17.5 Å². The van der Waals surface area contributed by atoms with E-state index in [4.69, 9.17) is 9.26 Å². The maximum absolute atomic E-state index is 12.9. The number of carbonyl (C=O) groups is 1. The molecule has 0 radical (unpaired) electrons. The molecule has 0 fully saturated rings. The van der Waals surface area contributed by atoms with Crippen molar-refractivity contribution in [2.45, 2.75) is 6.92 Å². The summed E-state index contributed by atoms with van der Waals surface area (Å²) in [5.74, 6) is -1.59. The Morgan fingerprint density at radius 2 is 2.28 bits per heavy atom. The second kappa shape index (κ2) is 4.87. The van der Waals surface area contributed by atoms with E-state index in [1.54, 1.807) is 6.92 Å². The van der Waals surface area contributed by atoms with Crippen LogP contribution in [0.4, 0.5) is 4.39 Å². The van der Waals surface area contributed by atoms with Gasteiger partial charge in [-0.05, 0) is 25.1 Å². The molecule has 1 N–H and O–H groups in total. The number of carbonyl (C=O) groups excluding carboxylic acids is 1. The highest BCUT2D eigenvalue weighted by Gasteiger charge is 2.15. The molecule has 0 unspecified atom stereocenters. The van der Waals surface area contributed by atoms with Crippen LogP contribution in [0.5, 0.6) is 5.75 Å². The molecule has 1 aromatic heterocycles. The van der Waals surface area contributed by atoms with Gasteiger partial charge in [0.1, 0.15) is 0 Å². The SMILES string of the molecule is CCOC(=O)c1cc(-c2ccc(F)c(O)c2)on1. The van der Waals surface area contributed by atoms with E-state index in [2.05, 4.69) is 5.16 Å². The third kappa shape index (κ3) is 2.32. The summed E-state index contributed by atoms with van der Waals surface area (Å²) < 4.78 is 22.6. The van der Waals surface area contributed by atoms with Crippen LogP contribution in [0.15, 0.2) is 28.8 Å². The number of aromatic nitrogens is 1. The number of hydrogen-bond donors (Lipinski definition) is 1. The fourth-order valence-electron chi connectivity index (χ4n) is 1.38. The number of phenolic OH excluding ortho intramolecular Hbond substituents is 1. The van der Waals surface area contributed by atoms with E-state index in [0.29, 0.717) is 5.56 Å². The average molecular weight is 251 g/mol. The summed E-state index contributed by atoms with van der Waals surface area (Å²) in [4.78, 5) is 11.4. The maximum atomic E-state index is 12.9. The van der Waals surface area contributed by atoms with Crippen LogP contribution in [0, 0.1) is 5.82 Å². The molecule has 0 aliphatic heterocycles. The quantitative estimate of drug-likeness (QED) is 0.848. The second-order valence-corrected chi connectivity index (χ2v) is 3.46. The van der Waals surface area contributed by atoms with Gasteiger partial charge in [-0.15, -0.1) is 0 Å². The molecule has 0 amide bonds. The van der Waals surface area contributed by atoms with E-state index in [0.717, 1.165) is 6.07 Å². The highest BCUT2D eigenvalue weighted by molar-refractivity contribution is 5.88. The fourth-order valence-corrected chi connectivity index (χ4v) is 1.38. The first kappa shape index (κ1) is 12.1. The van der Waals surface area contributed by atoms with Gasteiger partial charge in [0, 0.05) is 11.6 Å². The van der Waals surface area contributed by atoms with Crippen molar-refractivity contribution < 1.29 is 23.6 Å². The summed E-state index contributed by atoms with van der Waals surface area (Å²) >= 11 is 0. The van der Waals surface area contributed by atoms with Crippen LogP contribution >= 0.6 is 0 Å². The molecule has 0 atom stereocenters. The number of benzene rings is 1. The average Bonchev–Trinajstić information content (AvgIpc) is 2.82. The van der Waals surface area contributed by atoms with Gasteiger partial charge < -0.3 is 14.4 Å². The largest absolute Gasteiger partial charge is 0.505 e. The van der Waals surface area contributed by atoms with E-state index in [1.807, 2.05) is 0 Å². The zero-order valence-electron chi connectivity index (χ0n) is 9.51. The topological polar surface area (TPSA) is 72.6 Å². The number of halogens is 1. The number of ether oxygens (including phenoxy) is 1. The van der Waals surface area contributed by atoms with E-state index in [9.17, 15) is 14.3 Å². The first-order chi connectivity index (χ1) is 8.61. The van der Waals surface area contributed by atoms with Gasteiger partial charge in [-0.3, -0.25) is 0 Å². The van der Waals surface area contributed by atoms with Gasteiger partial charge in [0.2, 0.25) is 0 Å². The number of aromatic hydroxyl groups is 1. The lowest BCUT2D eigenvalue weighted by atomic mass is 10.1. The van der Waals surface area contributed by atoms with Gasteiger partial charge in [-0.1, -0.05) is 5.16 Å². The number of phenols is 1. The Kier molecular flexibility index (Phi) is 3.27. The fraction of sp³-hybridized carbons (Fsp3) is 0.167. The molecular formula is C12H10FNO4. The smallest absolute Gasteiger partial charge is 0.360 e. The predicted octanol–water partition coefficient (Wildman–Crippen LogP) is 2.36. The molecule has 6 heteroatoms. The summed E-state index contributed by atoms with van der Waals surface area (Å²) in [6.07, 6.45) is 0. The lowest BCUT2D eigenvalue weighted by molar-refractivity contribution is 0.0514. The Morgan fingerprint density at radius 3 is 2.94 bits per heavy atom. The van der Waals surface area contributed by atoms with Gasteiger partial charge >= 0.3 is 5.97 Å². The predicted molar refractivity (Wildman–Crippen MR) is 59.5 cm³/mol. The molecule has 2 rings (SSSR count). The molecule has 5 nitrogen and oxygen atoms in total. The Labute approximate surface area is 102 Å². The minimum Gasteiger partial charge on any atom is -0.505 e. The van der Waals surface area contributed by atoms with E-state index in [-0.39, 0.29) is 18.1 Å². The van der Waals surface area contributed by atoms with Crippen molar-refractivity contribution in [3.05, 3.63) is 35.8 Å². The van der Waals surface area contributed by atoms with Gasteiger partial charge in [-0.25, -0.2) is 9.18 Å². The first-order valence-corrected chi connectivity index (χ1v) is 5.24. The van der Waals surface area contributed by atoms with E-state index in [1.165, 1.54) is 18.2 Å². The Balaban J connectivity index is 2.29. The Hall–Kier alpha value is -2.37. The molecule has 0 saturated heterocycles. The molecule has 18 heavy (non-hydrogen) atoms. The van der Waals surface area contributed by atoms with Gasteiger partial charge in [0.15, 0.2) is 23.0 Å². The molecule has 94 valence electrons. The van der Waals surface area contributed by atoms with Gasteiger partial charge in [0.25, 0.3) is 0 Å². The van der Waals surface area contributed by atoms with Crippen molar-refractivity contribution in [1.29, 1.82) is 0 Å². The van der Waals surface area contributed by atoms with Crippen molar-refractivity contribution in [1.82, 2.24) is 5.16 Å². The summed E-state index contributed by atoms with van der Waals surface area (Å²) in [5.41, 5.74) is 0.438. The van der Waals surface area contributed by atoms with Gasteiger partial charge in [-0.2, -0.15) is 0 Å². The molecule has 0 bridgehead atoms. The zero-order valence-corrected chi connectivity index (χ0v) is 9.51. The molecule has 0 spiro atoms. The minimum atomic E-state index is -0.733. The van der Waals surface area contributed by atoms with Crippen molar-refractivity contribution in [3.63, 3.8) is 0 Å². The summed E-state index contributed by atoms with van der Waals surface area (Å²) in [5, 5.41) is 12.8. The highest BCUT2D eigenvalue weighted by Crippen LogP contribution is 2.26. The Bertz CT molecular complexity index is 579. The molecule has 0 saturated carbocycles. The molecule has 0 aliphatic rings. The summed E-state index contributed by atoms with van der Waals surface area (Å²) in [6.45, 7) is 1.91. The van der Waals surface area contributed by atoms with Crippen LogP contribution in [-0.2, 0) is 4.74 Å². The number of nitrogens with zero attached hydrogens (tertiary/aromatic N) is 1. The molecular weight excluding hydrogens is 241 g/mol. The van der Waals surface area contributed by atoms with Crippen LogP contribution < -0.4 is 0 Å². The Morgan fingerprint density at radius 1 is 1.50 bits per heavy atom. The lowest BCUT2D eigenvalue weighted by Gasteiger charge is -1.97. The molecule has 1 heterocycles. The van der Waals surface area contributed by atoms with Crippen LogP contribution in [0.1, 0.15) is 17.4 Å². The van der Waals surface area contributed by atoms with Crippen molar-refractivity contribution in [2.75, 3.05) is 6.61 Å². The van der Waals surface area contributed by atoms with Crippen LogP contribution in [0.25, 0.3) is 11.3 Å². The maximum Gasteiger partial charge on any atom is 0.360 e. The van der Waals surface area contributed by atoms with Crippen LogP contribution in [0.2, 0.25) is 0 Å². The molecule has 1 aromatic carbocycles. The van der Waals surface area contributed by atoms with Crippen molar-refractivity contribution in [3.8, 4) is 17.1 Å². The minimum absolute atomic E-state index is 0.0238. The summed E-state index contributed by atoms with van der Waals surface area (Å²) in [7, 11) is 0. The third-order valence-corrected chi connectivity index (χ3v) is 2.23. The monoisotopic (exact) mass is 251 g/mol. The number of rotatable bonds is 3. The summed E-state index contributed by atoms with van der Waals surface area (Å²) in [6, 6.07) is 5.05. The van der Waals surface area contributed by atoms with Gasteiger partial charge in [0.05, 0.1) is 6.61 Å². The van der Waals surface area contributed by atoms with Crippen molar-refractivity contribution in [2.24, 2.45) is 0 Å². The van der Waals surface area contributed by atoms with Crippen LogP contribution in [0.3, 0.4) is 0 Å².